The minimum absolute atomic E-state index is 0.786. The highest BCUT2D eigenvalue weighted by Crippen LogP contribution is 2.31. The number of thiophene rings is 1. The SMILES string of the molecule is Brc1ccc(-c2cnc(CCCNC3CC3)o2)s1. The first kappa shape index (κ1) is 12.4. The lowest BCUT2D eigenvalue weighted by Gasteiger charge is -1.99. The Labute approximate surface area is 119 Å². The molecule has 3 rings (SSSR count). The van der Waals surface area contributed by atoms with Gasteiger partial charge in [-0.3, -0.25) is 0 Å². The summed E-state index contributed by atoms with van der Waals surface area (Å²) in [7, 11) is 0. The van der Waals surface area contributed by atoms with E-state index in [-0.39, 0.29) is 0 Å². The Morgan fingerprint density at radius 3 is 3.06 bits per heavy atom. The van der Waals surface area contributed by atoms with Crippen LogP contribution in [0.25, 0.3) is 10.6 Å². The van der Waals surface area contributed by atoms with Crippen LogP contribution in [0.4, 0.5) is 0 Å². The van der Waals surface area contributed by atoms with Crippen molar-refractivity contribution in [2.45, 2.75) is 31.7 Å². The van der Waals surface area contributed by atoms with Gasteiger partial charge in [0.2, 0.25) is 0 Å². The molecule has 0 radical (unpaired) electrons. The third-order valence-electron chi connectivity index (χ3n) is 2.95. The molecule has 0 atom stereocenters. The molecule has 1 saturated carbocycles. The largest absolute Gasteiger partial charge is 0.440 e. The number of oxazole rings is 1. The van der Waals surface area contributed by atoms with Crippen LogP contribution in [0.5, 0.6) is 0 Å². The highest BCUT2D eigenvalue weighted by Gasteiger charge is 2.19. The van der Waals surface area contributed by atoms with Crippen LogP contribution in [-0.4, -0.2) is 17.6 Å². The molecule has 0 aromatic carbocycles. The van der Waals surface area contributed by atoms with Gasteiger partial charge in [-0.15, -0.1) is 11.3 Å². The van der Waals surface area contributed by atoms with Crippen LogP contribution in [0, 0.1) is 0 Å². The second-order valence-corrected chi connectivity index (χ2v) is 7.02. The van der Waals surface area contributed by atoms with Gasteiger partial charge in [0.05, 0.1) is 14.9 Å². The van der Waals surface area contributed by atoms with Crippen LogP contribution in [0.1, 0.15) is 25.2 Å². The van der Waals surface area contributed by atoms with Crippen molar-refractivity contribution in [3.63, 3.8) is 0 Å². The van der Waals surface area contributed by atoms with Gasteiger partial charge in [-0.1, -0.05) is 0 Å². The zero-order valence-corrected chi connectivity index (χ0v) is 12.4. The summed E-state index contributed by atoms with van der Waals surface area (Å²) in [6, 6.07) is 4.86. The van der Waals surface area contributed by atoms with Gasteiger partial charge >= 0.3 is 0 Å². The minimum Gasteiger partial charge on any atom is -0.440 e. The van der Waals surface area contributed by atoms with Crippen molar-refractivity contribution in [3.05, 3.63) is 28.0 Å². The molecule has 3 nitrogen and oxygen atoms in total. The van der Waals surface area contributed by atoms with Gasteiger partial charge in [-0.2, -0.15) is 0 Å². The maximum absolute atomic E-state index is 5.76. The van der Waals surface area contributed by atoms with Gasteiger partial charge in [0.25, 0.3) is 0 Å². The van der Waals surface area contributed by atoms with E-state index in [4.69, 9.17) is 4.42 Å². The van der Waals surface area contributed by atoms with Crippen LogP contribution < -0.4 is 5.32 Å². The van der Waals surface area contributed by atoms with Gasteiger partial charge < -0.3 is 9.73 Å². The molecule has 0 amide bonds. The minimum atomic E-state index is 0.786. The van der Waals surface area contributed by atoms with Crippen LogP contribution >= 0.6 is 27.3 Å². The number of hydrogen-bond donors (Lipinski definition) is 1. The standard InChI is InChI=1S/C13H15BrN2OS/c14-12-6-5-11(18-12)10-8-16-13(17-10)2-1-7-15-9-3-4-9/h5-6,8-9,15H,1-4,7H2. The Morgan fingerprint density at radius 2 is 2.33 bits per heavy atom. The van der Waals surface area contributed by atoms with E-state index in [1.165, 1.54) is 12.8 Å². The van der Waals surface area contributed by atoms with E-state index < -0.39 is 0 Å². The van der Waals surface area contributed by atoms with E-state index >= 15 is 0 Å². The van der Waals surface area contributed by atoms with Gasteiger partial charge in [0.15, 0.2) is 11.7 Å². The molecule has 96 valence electrons. The number of nitrogens with zero attached hydrogens (tertiary/aromatic N) is 1. The van der Waals surface area contributed by atoms with Crippen molar-refractivity contribution < 1.29 is 4.42 Å². The third-order valence-corrected chi connectivity index (χ3v) is 4.59. The molecule has 2 heterocycles. The smallest absolute Gasteiger partial charge is 0.194 e. The number of aromatic nitrogens is 1. The second kappa shape index (κ2) is 5.55. The lowest BCUT2D eigenvalue weighted by atomic mass is 10.3. The first-order valence-electron chi connectivity index (χ1n) is 6.25. The molecule has 18 heavy (non-hydrogen) atoms. The van der Waals surface area contributed by atoms with E-state index in [2.05, 4.69) is 26.2 Å². The lowest BCUT2D eigenvalue weighted by molar-refractivity contribution is 0.492. The number of hydrogen-bond acceptors (Lipinski definition) is 4. The fraction of sp³-hybridized carbons (Fsp3) is 0.462. The van der Waals surface area contributed by atoms with Crippen LogP contribution in [-0.2, 0) is 6.42 Å². The fourth-order valence-electron chi connectivity index (χ4n) is 1.82. The Kier molecular flexibility index (Phi) is 3.82. The highest BCUT2D eigenvalue weighted by atomic mass is 79.9. The molecule has 2 aromatic rings. The van der Waals surface area contributed by atoms with Gasteiger partial charge in [-0.25, -0.2) is 4.98 Å². The van der Waals surface area contributed by atoms with Crippen molar-refractivity contribution in [1.29, 1.82) is 0 Å². The Hall–Kier alpha value is -0.650. The molecule has 0 bridgehead atoms. The molecule has 1 N–H and O–H groups in total. The van der Waals surface area contributed by atoms with Crippen molar-refractivity contribution in [3.8, 4) is 10.6 Å². The quantitative estimate of drug-likeness (QED) is 0.819. The summed E-state index contributed by atoms with van der Waals surface area (Å²) in [4.78, 5) is 5.45. The van der Waals surface area contributed by atoms with Crippen molar-refractivity contribution in [2.24, 2.45) is 0 Å². The first-order valence-corrected chi connectivity index (χ1v) is 7.86. The molecule has 1 fully saturated rings. The van der Waals surface area contributed by atoms with Crippen molar-refractivity contribution >= 4 is 27.3 Å². The summed E-state index contributed by atoms with van der Waals surface area (Å²) in [6.45, 7) is 1.06. The third kappa shape index (κ3) is 3.22. The molecular formula is C13H15BrN2OS. The fourth-order valence-corrected chi connectivity index (χ4v) is 3.15. The predicted molar refractivity (Wildman–Crippen MR) is 76.9 cm³/mol. The summed E-state index contributed by atoms with van der Waals surface area (Å²) in [5.41, 5.74) is 0. The van der Waals surface area contributed by atoms with Crippen LogP contribution in [0.3, 0.4) is 0 Å². The van der Waals surface area contributed by atoms with E-state index in [0.29, 0.717) is 0 Å². The summed E-state index contributed by atoms with van der Waals surface area (Å²) in [6.07, 6.45) is 6.51. The second-order valence-electron chi connectivity index (χ2n) is 4.55. The van der Waals surface area contributed by atoms with E-state index in [1.807, 2.05) is 18.3 Å². The Bertz CT molecular complexity index is 519. The highest BCUT2D eigenvalue weighted by molar-refractivity contribution is 9.11. The topological polar surface area (TPSA) is 38.1 Å². The first-order chi connectivity index (χ1) is 8.81. The number of nitrogens with one attached hydrogen (secondary N) is 1. The van der Waals surface area contributed by atoms with Crippen LogP contribution in [0.2, 0.25) is 0 Å². The van der Waals surface area contributed by atoms with Gasteiger partial charge in [-0.05, 0) is 53.9 Å². The van der Waals surface area contributed by atoms with E-state index in [1.54, 1.807) is 11.3 Å². The average Bonchev–Trinajstić information content (AvgIpc) is 2.88. The normalized spacial score (nSPS) is 15.2. The molecule has 0 saturated heterocycles. The number of halogens is 1. The maximum Gasteiger partial charge on any atom is 0.194 e. The van der Waals surface area contributed by atoms with Crippen molar-refractivity contribution in [2.75, 3.05) is 6.54 Å². The van der Waals surface area contributed by atoms with Gasteiger partial charge in [0.1, 0.15) is 0 Å². The summed E-state index contributed by atoms with van der Waals surface area (Å²) < 4.78 is 6.87. The molecule has 0 spiro atoms. The molecule has 0 aliphatic heterocycles. The van der Waals surface area contributed by atoms with Crippen molar-refractivity contribution in [1.82, 2.24) is 10.3 Å². The summed E-state index contributed by atoms with van der Waals surface area (Å²) >= 11 is 5.12. The molecule has 1 aliphatic carbocycles. The van der Waals surface area contributed by atoms with E-state index in [0.717, 1.165) is 45.7 Å². The zero-order valence-electron chi connectivity index (χ0n) is 9.99. The maximum atomic E-state index is 5.76. The predicted octanol–water partition coefficient (Wildman–Crippen LogP) is 3.85. The summed E-state index contributed by atoms with van der Waals surface area (Å²) in [5.74, 6) is 1.71. The van der Waals surface area contributed by atoms with E-state index in [9.17, 15) is 0 Å². The Balaban J connectivity index is 1.52. The van der Waals surface area contributed by atoms with Gasteiger partial charge in [0, 0.05) is 12.5 Å². The lowest BCUT2D eigenvalue weighted by Crippen LogP contribution is -2.17. The monoisotopic (exact) mass is 326 g/mol. The molecular weight excluding hydrogens is 312 g/mol. The Morgan fingerprint density at radius 1 is 1.44 bits per heavy atom. The molecule has 0 unspecified atom stereocenters. The molecule has 1 aliphatic rings. The average molecular weight is 327 g/mol. The zero-order chi connectivity index (χ0) is 12.4. The number of aryl methyl sites for hydroxylation is 1. The number of rotatable bonds is 6. The summed E-state index contributed by atoms with van der Waals surface area (Å²) in [5, 5.41) is 3.50. The molecule has 5 heteroatoms. The van der Waals surface area contributed by atoms with Crippen LogP contribution in [0.15, 0.2) is 26.5 Å². The molecule has 2 aromatic heterocycles.